The van der Waals surface area contributed by atoms with Crippen LogP contribution >= 0.6 is 27.7 Å². The van der Waals surface area contributed by atoms with Gasteiger partial charge in [0, 0.05) is 15.6 Å². The number of Topliss-reactive ketones (excluding diaryl/α,β-unsaturated/α-hetero) is 1. The number of anilines is 1. The highest BCUT2D eigenvalue weighted by molar-refractivity contribution is 9.10. The number of ketones is 1. The second kappa shape index (κ2) is 9.57. The van der Waals surface area contributed by atoms with Gasteiger partial charge in [-0.05, 0) is 25.1 Å². The van der Waals surface area contributed by atoms with Gasteiger partial charge in [-0.15, -0.1) is 10.2 Å². The summed E-state index contributed by atoms with van der Waals surface area (Å²) >= 11 is 4.62. The van der Waals surface area contributed by atoms with Crippen molar-refractivity contribution < 1.29 is 9.53 Å². The number of aromatic nitrogens is 3. The average Bonchev–Trinajstić information content (AvgIpc) is 3.06. The number of methoxy groups -OCH3 is 1. The van der Waals surface area contributed by atoms with Gasteiger partial charge >= 0.3 is 0 Å². The van der Waals surface area contributed by atoms with Crippen molar-refractivity contribution in [3.05, 3.63) is 63.6 Å². The van der Waals surface area contributed by atoms with Crippen LogP contribution < -0.4 is 16.0 Å². The number of thioether (sulfide) groups is 1. The van der Waals surface area contributed by atoms with Crippen LogP contribution in [0.3, 0.4) is 0 Å². The maximum absolute atomic E-state index is 12.3. The number of nitrogen functional groups attached to an aromatic ring is 1. The van der Waals surface area contributed by atoms with Crippen LogP contribution in [0.25, 0.3) is 0 Å². The normalized spacial score (nSPS) is 11.0. The fourth-order valence-electron chi connectivity index (χ4n) is 2.37. The van der Waals surface area contributed by atoms with Crippen LogP contribution in [0, 0.1) is 6.92 Å². The molecule has 0 bridgehead atoms. The van der Waals surface area contributed by atoms with Gasteiger partial charge in [0.1, 0.15) is 5.75 Å². The minimum Gasteiger partial charge on any atom is -0.496 e. The lowest BCUT2D eigenvalue weighted by Gasteiger charge is -2.05. The minimum absolute atomic E-state index is 0.00715. The largest absolute Gasteiger partial charge is 0.496 e. The number of rotatable bonds is 8. The number of carbonyl (C=O) groups excluding carboxylic acids is 1. The zero-order chi connectivity index (χ0) is 20.8. The first kappa shape index (κ1) is 20.9. The van der Waals surface area contributed by atoms with Gasteiger partial charge in [0.15, 0.2) is 5.78 Å². The fraction of sp³-hybridized carbons (Fsp3) is 0.158. The molecule has 1 heterocycles. The maximum Gasteiger partial charge on any atom is 0.264 e. The van der Waals surface area contributed by atoms with Crippen LogP contribution in [0.4, 0.5) is 5.95 Å². The van der Waals surface area contributed by atoms with Gasteiger partial charge in [-0.1, -0.05) is 57.5 Å². The minimum atomic E-state index is -0.00715. The zero-order valence-electron chi connectivity index (χ0n) is 15.8. The summed E-state index contributed by atoms with van der Waals surface area (Å²) in [5.74, 6) is 7.13. The van der Waals surface area contributed by atoms with E-state index in [-0.39, 0.29) is 17.5 Å². The molecule has 29 heavy (non-hydrogen) atoms. The predicted octanol–water partition coefficient (Wildman–Crippen LogP) is 3.49. The van der Waals surface area contributed by atoms with Crippen molar-refractivity contribution in [3.8, 4) is 5.75 Å². The lowest BCUT2D eigenvalue weighted by molar-refractivity contribution is 0.102. The second-order valence-electron chi connectivity index (χ2n) is 6.01. The van der Waals surface area contributed by atoms with E-state index in [1.807, 2.05) is 49.4 Å². The van der Waals surface area contributed by atoms with Crippen LogP contribution in [0.5, 0.6) is 5.75 Å². The van der Waals surface area contributed by atoms with Gasteiger partial charge in [-0.25, -0.2) is 10.1 Å². The molecule has 0 atom stereocenters. The molecule has 0 aliphatic rings. The SMILES string of the molecule is COc1ccc(Br)cc1/C=N/Nc1nnc(SCC(=O)c2ccc(C)cc2)n1N. The number of nitrogens with one attached hydrogen (secondary N) is 1. The lowest BCUT2D eigenvalue weighted by atomic mass is 10.1. The predicted molar refractivity (Wildman–Crippen MR) is 118 cm³/mol. The van der Waals surface area contributed by atoms with Crippen LogP contribution in [-0.2, 0) is 0 Å². The smallest absolute Gasteiger partial charge is 0.264 e. The zero-order valence-corrected chi connectivity index (χ0v) is 18.2. The molecule has 0 saturated heterocycles. The number of hydrazone groups is 1. The van der Waals surface area contributed by atoms with E-state index >= 15 is 0 Å². The summed E-state index contributed by atoms with van der Waals surface area (Å²) in [5, 5.41) is 12.5. The van der Waals surface area contributed by atoms with Crippen molar-refractivity contribution in [2.24, 2.45) is 5.10 Å². The molecule has 10 heteroatoms. The van der Waals surface area contributed by atoms with E-state index in [0.29, 0.717) is 16.5 Å². The highest BCUT2D eigenvalue weighted by Crippen LogP contribution is 2.22. The Labute approximate surface area is 180 Å². The molecule has 0 aliphatic carbocycles. The highest BCUT2D eigenvalue weighted by Gasteiger charge is 2.13. The third kappa shape index (κ3) is 5.36. The third-order valence-corrected chi connectivity index (χ3v) is 5.37. The molecule has 1 aromatic heterocycles. The van der Waals surface area contributed by atoms with E-state index in [4.69, 9.17) is 10.6 Å². The van der Waals surface area contributed by atoms with Crippen molar-refractivity contribution in [3.63, 3.8) is 0 Å². The Morgan fingerprint density at radius 3 is 2.79 bits per heavy atom. The van der Waals surface area contributed by atoms with E-state index in [0.717, 1.165) is 15.6 Å². The van der Waals surface area contributed by atoms with Gasteiger partial charge in [0.25, 0.3) is 5.95 Å². The maximum atomic E-state index is 12.3. The summed E-state index contributed by atoms with van der Waals surface area (Å²) in [4.78, 5) is 12.3. The van der Waals surface area contributed by atoms with Crippen molar-refractivity contribution in [2.75, 3.05) is 24.1 Å². The monoisotopic (exact) mass is 474 g/mol. The molecule has 0 unspecified atom stereocenters. The topological polar surface area (TPSA) is 107 Å². The van der Waals surface area contributed by atoms with Gasteiger partial charge < -0.3 is 10.6 Å². The molecule has 0 saturated carbocycles. The molecule has 150 valence electrons. The third-order valence-electron chi connectivity index (χ3n) is 3.93. The number of halogens is 1. The fourth-order valence-corrected chi connectivity index (χ4v) is 3.50. The lowest BCUT2D eigenvalue weighted by Crippen LogP contribution is -2.14. The van der Waals surface area contributed by atoms with Crippen molar-refractivity contribution in [1.29, 1.82) is 0 Å². The molecule has 0 radical (unpaired) electrons. The first-order valence-corrected chi connectivity index (χ1v) is 10.3. The number of carbonyl (C=O) groups is 1. The Morgan fingerprint density at radius 1 is 1.31 bits per heavy atom. The van der Waals surface area contributed by atoms with Gasteiger partial charge in [0.05, 0.1) is 19.1 Å². The van der Waals surface area contributed by atoms with Gasteiger partial charge in [-0.2, -0.15) is 5.10 Å². The van der Waals surface area contributed by atoms with E-state index in [9.17, 15) is 4.79 Å². The number of nitrogens with two attached hydrogens (primary N) is 1. The van der Waals surface area contributed by atoms with Gasteiger partial charge in [-0.3, -0.25) is 4.79 Å². The van der Waals surface area contributed by atoms with Crippen LogP contribution in [-0.4, -0.2) is 39.7 Å². The van der Waals surface area contributed by atoms with Crippen LogP contribution in [0.1, 0.15) is 21.5 Å². The Morgan fingerprint density at radius 2 is 2.07 bits per heavy atom. The molecule has 3 aromatic rings. The summed E-state index contributed by atoms with van der Waals surface area (Å²) in [5.41, 5.74) is 5.27. The number of hydrogen-bond acceptors (Lipinski definition) is 8. The van der Waals surface area contributed by atoms with Crippen LogP contribution in [0.2, 0.25) is 0 Å². The molecule has 0 spiro atoms. The Bertz CT molecular complexity index is 1040. The van der Waals surface area contributed by atoms with Gasteiger partial charge in [0.2, 0.25) is 5.16 Å². The molecule has 0 fully saturated rings. The van der Waals surface area contributed by atoms with Crippen LogP contribution in [0.15, 0.2) is 57.2 Å². The first-order chi connectivity index (χ1) is 14.0. The Hall–Kier alpha value is -2.85. The number of ether oxygens (including phenoxy) is 1. The average molecular weight is 475 g/mol. The van der Waals surface area contributed by atoms with Crippen molar-refractivity contribution in [2.45, 2.75) is 12.1 Å². The summed E-state index contributed by atoms with van der Waals surface area (Å²) in [6, 6.07) is 13.0. The summed E-state index contributed by atoms with van der Waals surface area (Å²) < 4.78 is 7.45. The number of benzene rings is 2. The Kier molecular flexibility index (Phi) is 6.89. The molecule has 2 aromatic carbocycles. The Balaban J connectivity index is 1.61. The summed E-state index contributed by atoms with van der Waals surface area (Å²) in [7, 11) is 1.59. The molecule has 3 N–H and O–H groups in total. The highest BCUT2D eigenvalue weighted by atomic mass is 79.9. The standard InChI is InChI=1S/C19H19BrN6O2S/c1-12-3-5-13(6-4-12)16(27)11-29-19-25-24-18(26(19)21)23-22-10-14-9-15(20)7-8-17(14)28-2/h3-10H,11,21H2,1-2H3,(H,23,24)/b22-10+. The second-order valence-corrected chi connectivity index (χ2v) is 7.87. The van der Waals surface area contributed by atoms with E-state index in [1.165, 1.54) is 16.4 Å². The first-order valence-electron chi connectivity index (χ1n) is 8.53. The summed E-state index contributed by atoms with van der Waals surface area (Å²) in [6.07, 6.45) is 1.59. The van der Waals surface area contributed by atoms with E-state index < -0.39 is 0 Å². The van der Waals surface area contributed by atoms with Crippen molar-refractivity contribution >= 4 is 45.6 Å². The van der Waals surface area contributed by atoms with E-state index in [1.54, 1.807) is 13.3 Å². The molecule has 0 aliphatic heterocycles. The molecule has 8 nitrogen and oxygen atoms in total. The van der Waals surface area contributed by atoms with Crippen molar-refractivity contribution in [1.82, 2.24) is 14.9 Å². The number of nitrogens with zero attached hydrogens (tertiary/aromatic N) is 4. The molecule has 0 amide bonds. The number of aryl methyl sites for hydroxylation is 1. The van der Waals surface area contributed by atoms with E-state index in [2.05, 4.69) is 36.7 Å². The number of hydrogen-bond donors (Lipinski definition) is 2. The summed E-state index contributed by atoms with van der Waals surface area (Å²) in [6.45, 7) is 1.98. The molecular formula is C19H19BrN6O2S. The quantitative estimate of drug-likeness (QED) is 0.169. The molecular weight excluding hydrogens is 456 g/mol. The molecule has 3 rings (SSSR count).